The summed E-state index contributed by atoms with van der Waals surface area (Å²) in [7, 11) is 0. The number of anilines is 1. The number of piperazine rings is 1. The lowest BCUT2D eigenvalue weighted by molar-refractivity contribution is 0.0328. The topological polar surface area (TPSA) is 35.9 Å². The highest BCUT2D eigenvalue weighted by Gasteiger charge is 2.42. The van der Waals surface area contributed by atoms with Gasteiger partial charge in [0.15, 0.2) is 0 Å². The van der Waals surface area contributed by atoms with Gasteiger partial charge in [0.1, 0.15) is 11.4 Å². The average molecular weight is 622 g/mol. The number of aliphatic hydroxyl groups is 1. The van der Waals surface area contributed by atoms with Gasteiger partial charge in [-0.15, -0.1) is 24.8 Å². The van der Waals surface area contributed by atoms with Crippen LogP contribution in [0.2, 0.25) is 0 Å². The molecule has 0 saturated carbocycles. The smallest absolute Gasteiger partial charge is 0.123 e. The van der Waals surface area contributed by atoms with E-state index in [-0.39, 0.29) is 30.7 Å². The Hall–Kier alpha value is -3.02. The number of ether oxygens (including phenoxy) is 1. The molecule has 4 aromatic rings. The van der Waals surface area contributed by atoms with E-state index in [1.54, 1.807) is 0 Å². The molecule has 1 aliphatic heterocycles. The van der Waals surface area contributed by atoms with E-state index < -0.39 is 5.60 Å². The van der Waals surface area contributed by atoms with Gasteiger partial charge in [-0.2, -0.15) is 0 Å². The first kappa shape index (κ1) is 34.5. The molecule has 1 fully saturated rings. The van der Waals surface area contributed by atoms with Crippen molar-refractivity contribution in [3.8, 4) is 5.75 Å². The van der Waals surface area contributed by atoms with Crippen molar-refractivity contribution in [2.45, 2.75) is 45.1 Å². The molecule has 2 atom stereocenters. The number of hydrogen-bond acceptors (Lipinski definition) is 4. The maximum Gasteiger partial charge on any atom is 0.123 e. The molecule has 0 bridgehead atoms. The van der Waals surface area contributed by atoms with Gasteiger partial charge in [0.25, 0.3) is 0 Å². The van der Waals surface area contributed by atoms with E-state index in [0.29, 0.717) is 6.61 Å². The summed E-state index contributed by atoms with van der Waals surface area (Å²) in [5.74, 6) is 0.682. The average Bonchev–Trinajstić information content (AvgIpc) is 3.02. The summed E-state index contributed by atoms with van der Waals surface area (Å²) in [5, 5.41) is 12.9. The minimum absolute atomic E-state index is 0. The monoisotopic (exact) mass is 620 g/mol. The third kappa shape index (κ3) is 8.13. The fourth-order valence-corrected chi connectivity index (χ4v) is 6.05. The van der Waals surface area contributed by atoms with Crippen molar-refractivity contribution in [3.63, 3.8) is 0 Å². The summed E-state index contributed by atoms with van der Waals surface area (Å²) in [5.41, 5.74) is 5.68. The maximum absolute atomic E-state index is 12.9. The van der Waals surface area contributed by atoms with Crippen molar-refractivity contribution in [2.24, 2.45) is 0 Å². The molecule has 1 aliphatic rings. The van der Waals surface area contributed by atoms with Gasteiger partial charge in [0.05, 0.1) is 6.61 Å². The van der Waals surface area contributed by atoms with Crippen LogP contribution in [0.3, 0.4) is 0 Å². The molecule has 2 unspecified atom stereocenters. The molecule has 1 saturated heterocycles. The lowest BCUT2D eigenvalue weighted by Gasteiger charge is -2.43. The van der Waals surface area contributed by atoms with Crippen molar-refractivity contribution < 1.29 is 9.84 Å². The van der Waals surface area contributed by atoms with E-state index in [9.17, 15) is 5.11 Å². The molecule has 0 spiro atoms. The first-order valence-electron chi connectivity index (χ1n) is 15.1. The number of nitrogens with zero attached hydrogens (tertiary/aromatic N) is 2. The molecule has 5 rings (SSSR count). The van der Waals surface area contributed by atoms with Gasteiger partial charge in [-0.25, -0.2) is 0 Å². The molecule has 1 N–H and O–H groups in total. The predicted octanol–water partition coefficient (Wildman–Crippen LogP) is 8.17. The molecule has 1 heterocycles. The zero-order chi connectivity index (χ0) is 28.7. The Bertz CT molecular complexity index is 1380. The minimum Gasteiger partial charge on any atom is -0.494 e. The van der Waals surface area contributed by atoms with Gasteiger partial charge >= 0.3 is 0 Å². The van der Waals surface area contributed by atoms with Crippen molar-refractivity contribution >= 4 is 30.5 Å². The Labute approximate surface area is 270 Å². The second-order valence-corrected chi connectivity index (χ2v) is 11.4. The van der Waals surface area contributed by atoms with E-state index in [1.807, 2.05) is 48.5 Å². The number of halogens is 2. The van der Waals surface area contributed by atoms with E-state index >= 15 is 0 Å². The molecule has 0 aromatic heterocycles. The number of unbranched alkanes of at least 4 members (excludes halogenated alkanes) is 1. The largest absolute Gasteiger partial charge is 0.494 e. The number of hydrogen-bond donors (Lipinski definition) is 1. The van der Waals surface area contributed by atoms with Gasteiger partial charge < -0.3 is 14.7 Å². The van der Waals surface area contributed by atoms with Crippen LogP contribution in [0.1, 0.15) is 53.5 Å². The maximum atomic E-state index is 12.9. The molecular formula is C37H46Cl2N2O2. The predicted molar refractivity (Wildman–Crippen MR) is 185 cm³/mol. The molecule has 6 heteroatoms. The van der Waals surface area contributed by atoms with E-state index in [4.69, 9.17) is 4.74 Å². The molecule has 230 valence electrons. The third-order valence-electron chi connectivity index (χ3n) is 8.50. The molecule has 43 heavy (non-hydrogen) atoms. The quantitative estimate of drug-likeness (QED) is 0.172. The summed E-state index contributed by atoms with van der Waals surface area (Å²) in [6.07, 6.45) is 2.13. The van der Waals surface area contributed by atoms with Crippen LogP contribution in [0.15, 0.2) is 103 Å². The molecule has 4 nitrogen and oxygen atoms in total. The van der Waals surface area contributed by atoms with Crippen LogP contribution in [0.25, 0.3) is 0 Å². The Kier molecular flexibility index (Phi) is 13.0. The summed E-state index contributed by atoms with van der Waals surface area (Å²) in [4.78, 5) is 5.03. The van der Waals surface area contributed by atoms with E-state index in [0.717, 1.165) is 68.0 Å². The molecule has 0 amide bonds. The SMILES string of the molecule is CCCCOc1ccc(C(O)(c2ccccc2)C(CN2CCN(c3cc(C)ccc3C)CC2)c2ccccc2)cc1.Cl.Cl. The normalized spacial score (nSPS) is 15.5. The second kappa shape index (κ2) is 16.2. The van der Waals surface area contributed by atoms with Crippen molar-refractivity contribution in [2.75, 3.05) is 44.2 Å². The molecule has 4 aromatic carbocycles. The number of rotatable bonds is 11. The first-order valence-corrected chi connectivity index (χ1v) is 15.1. The lowest BCUT2D eigenvalue weighted by Crippen LogP contribution is -2.50. The van der Waals surface area contributed by atoms with Crippen LogP contribution in [-0.2, 0) is 5.60 Å². The Morgan fingerprint density at radius 1 is 0.767 bits per heavy atom. The fraction of sp³-hybridized carbons (Fsp3) is 0.351. The third-order valence-corrected chi connectivity index (χ3v) is 8.50. The van der Waals surface area contributed by atoms with Gasteiger partial charge in [0, 0.05) is 44.3 Å². The summed E-state index contributed by atoms with van der Waals surface area (Å²) in [6.45, 7) is 11.8. The summed E-state index contributed by atoms with van der Waals surface area (Å²) in [6, 6.07) is 35.5. The highest BCUT2D eigenvalue weighted by Crippen LogP contribution is 2.43. The fourth-order valence-electron chi connectivity index (χ4n) is 6.05. The van der Waals surface area contributed by atoms with Crippen LogP contribution < -0.4 is 9.64 Å². The van der Waals surface area contributed by atoms with Gasteiger partial charge in [-0.05, 0) is 66.3 Å². The number of aryl methyl sites for hydroxylation is 2. The highest BCUT2D eigenvalue weighted by atomic mass is 35.5. The zero-order valence-electron chi connectivity index (χ0n) is 25.6. The lowest BCUT2D eigenvalue weighted by atomic mass is 9.72. The van der Waals surface area contributed by atoms with Crippen LogP contribution in [0.4, 0.5) is 5.69 Å². The van der Waals surface area contributed by atoms with Crippen molar-refractivity contribution in [1.29, 1.82) is 0 Å². The Morgan fingerprint density at radius 3 is 2.00 bits per heavy atom. The molecule has 0 radical (unpaired) electrons. The van der Waals surface area contributed by atoms with Crippen LogP contribution >= 0.6 is 24.8 Å². The van der Waals surface area contributed by atoms with Crippen LogP contribution in [0.5, 0.6) is 5.75 Å². The first-order chi connectivity index (χ1) is 20.0. The Balaban J connectivity index is 0.00000253. The van der Waals surface area contributed by atoms with Gasteiger partial charge in [-0.3, -0.25) is 4.90 Å². The van der Waals surface area contributed by atoms with Crippen LogP contribution in [-0.4, -0.2) is 49.3 Å². The van der Waals surface area contributed by atoms with E-state index in [2.05, 4.69) is 85.2 Å². The molecular weight excluding hydrogens is 575 g/mol. The van der Waals surface area contributed by atoms with Crippen LogP contribution in [0, 0.1) is 13.8 Å². The van der Waals surface area contributed by atoms with Gasteiger partial charge in [-0.1, -0.05) is 98.3 Å². The minimum atomic E-state index is -1.21. The van der Waals surface area contributed by atoms with Crippen molar-refractivity contribution in [3.05, 3.63) is 131 Å². The molecule has 0 aliphatic carbocycles. The second-order valence-electron chi connectivity index (χ2n) is 11.4. The highest BCUT2D eigenvalue weighted by molar-refractivity contribution is 5.85. The summed E-state index contributed by atoms with van der Waals surface area (Å²) < 4.78 is 5.95. The van der Waals surface area contributed by atoms with Gasteiger partial charge in [0.2, 0.25) is 0 Å². The Morgan fingerprint density at radius 2 is 1.37 bits per heavy atom. The standard InChI is InChI=1S/C37H44N2O2.2ClH/c1-4-5-26-41-34-20-18-33(19-21-34)37(40,32-14-10-7-11-15-32)35(31-12-8-6-9-13-31)28-38-22-24-39(25-23-38)36-27-29(2)16-17-30(36)3;;/h6-21,27,35,40H,4-5,22-26,28H2,1-3H3;2*1H. The zero-order valence-corrected chi connectivity index (χ0v) is 27.2. The number of benzene rings is 4. The van der Waals surface area contributed by atoms with E-state index in [1.165, 1.54) is 16.8 Å². The summed E-state index contributed by atoms with van der Waals surface area (Å²) >= 11 is 0. The van der Waals surface area contributed by atoms with Crippen molar-refractivity contribution in [1.82, 2.24) is 4.90 Å².